The minimum atomic E-state index is -0.619. The Morgan fingerprint density at radius 2 is 1.82 bits per heavy atom. The van der Waals surface area contributed by atoms with Gasteiger partial charge in [-0.25, -0.2) is 0 Å². The highest BCUT2D eigenvalue weighted by Crippen LogP contribution is 2.29. The van der Waals surface area contributed by atoms with Crippen molar-refractivity contribution in [2.24, 2.45) is 5.73 Å². The lowest BCUT2D eigenvalue weighted by atomic mass is 10.0. The number of benzene rings is 2. The molecule has 0 saturated carbocycles. The number of hydrogen-bond acceptors (Lipinski definition) is 3. The van der Waals surface area contributed by atoms with Gasteiger partial charge in [-0.1, -0.05) is 30.3 Å². The van der Waals surface area contributed by atoms with Gasteiger partial charge in [-0.3, -0.25) is 9.59 Å². The molecule has 17 heavy (non-hydrogen) atoms. The summed E-state index contributed by atoms with van der Waals surface area (Å²) >= 11 is 0. The van der Waals surface area contributed by atoms with E-state index in [2.05, 4.69) is 0 Å². The molecule has 0 bridgehead atoms. The van der Waals surface area contributed by atoms with Gasteiger partial charge >= 0.3 is 5.97 Å². The van der Waals surface area contributed by atoms with Crippen LogP contribution in [-0.4, -0.2) is 11.9 Å². The maximum absolute atomic E-state index is 11.3. The van der Waals surface area contributed by atoms with E-state index in [9.17, 15) is 9.59 Å². The largest absolute Gasteiger partial charge is 0.425 e. The lowest BCUT2D eigenvalue weighted by Gasteiger charge is -2.09. The summed E-state index contributed by atoms with van der Waals surface area (Å²) in [6.45, 7) is 1.28. The third-order valence-electron chi connectivity index (χ3n) is 2.39. The molecule has 0 spiro atoms. The average molecular weight is 229 g/mol. The molecule has 4 heteroatoms. The fraction of sp³-hybridized carbons (Fsp3) is 0.0769. The van der Waals surface area contributed by atoms with E-state index < -0.39 is 11.9 Å². The van der Waals surface area contributed by atoms with Crippen LogP contribution in [0.3, 0.4) is 0 Å². The van der Waals surface area contributed by atoms with E-state index in [0.717, 1.165) is 5.39 Å². The Kier molecular flexibility index (Phi) is 2.78. The van der Waals surface area contributed by atoms with Crippen molar-refractivity contribution in [3.8, 4) is 5.75 Å². The lowest BCUT2D eigenvalue weighted by molar-refractivity contribution is -0.131. The smallest absolute Gasteiger partial charge is 0.308 e. The van der Waals surface area contributed by atoms with Crippen LogP contribution in [0.2, 0.25) is 0 Å². The van der Waals surface area contributed by atoms with Crippen LogP contribution in [0.4, 0.5) is 0 Å². The van der Waals surface area contributed by atoms with Gasteiger partial charge in [0.2, 0.25) is 0 Å². The third-order valence-corrected chi connectivity index (χ3v) is 2.39. The first kappa shape index (κ1) is 11.1. The molecule has 0 fully saturated rings. The van der Waals surface area contributed by atoms with E-state index >= 15 is 0 Å². The van der Waals surface area contributed by atoms with E-state index in [-0.39, 0.29) is 11.3 Å². The van der Waals surface area contributed by atoms with Gasteiger partial charge in [0.1, 0.15) is 0 Å². The zero-order valence-electron chi connectivity index (χ0n) is 9.27. The standard InChI is InChI=1S/C13H11NO3/c1-8(15)17-12-10-5-3-2-4-9(10)6-7-11(12)13(14)16/h2-7H,1H3,(H2,14,16). The van der Waals surface area contributed by atoms with Crippen molar-refractivity contribution in [2.45, 2.75) is 6.92 Å². The number of rotatable bonds is 2. The highest BCUT2D eigenvalue weighted by Gasteiger charge is 2.14. The van der Waals surface area contributed by atoms with Gasteiger partial charge in [0, 0.05) is 12.3 Å². The lowest BCUT2D eigenvalue weighted by Crippen LogP contribution is -2.14. The summed E-state index contributed by atoms with van der Waals surface area (Å²) in [6, 6.07) is 10.6. The Morgan fingerprint density at radius 1 is 1.12 bits per heavy atom. The van der Waals surface area contributed by atoms with Crippen LogP contribution in [0.5, 0.6) is 5.75 Å². The number of fused-ring (bicyclic) bond motifs is 1. The fourth-order valence-corrected chi connectivity index (χ4v) is 1.69. The number of hydrogen-bond donors (Lipinski definition) is 1. The van der Waals surface area contributed by atoms with Crippen molar-refractivity contribution in [3.05, 3.63) is 42.0 Å². The second-order valence-corrected chi connectivity index (χ2v) is 3.62. The predicted octanol–water partition coefficient (Wildman–Crippen LogP) is 1.86. The predicted molar refractivity (Wildman–Crippen MR) is 63.8 cm³/mol. The summed E-state index contributed by atoms with van der Waals surface area (Å²) in [5.74, 6) is -0.876. The zero-order chi connectivity index (χ0) is 12.4. The summed E-state index contributed by atoms with van der Waals surface area (Å²) in [7, 11) is 0. The molecule has 0 radical (unpaired) electrons. The molecule has 0 unspecified atom stereocenters. The zero-order valence-corrected chi connectivity index (χ0v) is 9.27. The van der Waals surface area contributed by atoms with Gasteiger partial charge in [0.05, 0.1) is 5.56 Å². The SMILES string of the molecule is CC(=O)Oc1c(C(N)=O)ccc2ccccc12. The topological polar surface area (TPSA) is 69.4 Å². The molecule has 0 aliphatic carbocycles. The van der Waals surface area contributed by atoms with Crippen molar-refractivity contribution in [1.82, 2.24) is 0 Å². The van der Waals surface area contributed by atoms with Gasteiger partial charge in [-0.05, 0) is 11.5 Å². The fourth-order valence-electron chi connectivity index (χ4n) is 1.69. The number of ether oxygens (including phenoxy) is 1. The summed E-state index contributed by atoms with van der Waals surface area (Å²) in [5, 5.41) is 1.58. The van der Waals surface area contributed by atoms with Gasteiger partial charge in [0.25, 0.3) is 5.91 Å². The van der Waals surface area contributed by atoms with Gasteiger partial charge < -0.3 is 10.5 Å². The van der Waals surface area contributed by atoms with E-state index in [1.54, 1.807) is 24.3 Å². The summed E-state index contributed by atoms with van der Waals surface area (Å²) in [4.78, 5) is 22.3. The van der Waals surface area contributed by atoms with Crippen molar-refractivity contribution in [1.29, 1.82) is 0 Å². The second-order valence-electron chi connectivity index (χ2n) is 3.62. The number of amides is 1. The Labute approximate surface area is 98.0 Å². The average Bonchev–Trinajstić information content (AvgIpc) is 2.28. The van der Waals surface area contributed by atoms with Crippen molar-refractivity contribution >= 4 is 22.6 Å². The van der Waals surface area contributed by atoms with Crippen molar-refractivity contribution < 1.29 is 14.3 Å². The molecule has 2 aromatic rings. The molecule has 0 aromatic heterocycles. The maximum Gasteiger partial charge on any atom is 0.308 e. The van der Waals surface area contributed by atoms with Crippen LogP contribution in [0.15, 0.2) is 36.4 Å². The Bertz CT molecular complexity index is 605. The molecule has 4 nitrogen and oxygen atoms in total. The molecule has 2 rings (SSSR count). The monoisotopic (exact) mass is 229 g/mol. The van der Waals surface area contributed by atoms with Crippen LogP contribution in [0.25, 0.3) is 10.8 Å². The Hall–Kier alpha value is -2.36. The van der Waals surface area contributed by atoms with Gasteiger partial charge in [-0.15, -0.1) is 0 Å². The van der Waals surface area contributed by atoms with Crippen LogP contribution < -0.4 is 10.5 Å². The summed E-state index contributed by atoms with van der Waals surface area (Å²) < 4.78 is 5.08. The minimum Gasteiger partial charge on any atom is -0.425 e. The van der Waals surface area contributed by atoms with E-state index in [4.69, 9.17) is 10.5 Å². The highest BCUT2D eigenvalue weighted by molar-refractivity contribution is 6.04. The molecule has 86 valence electrons. The number of carbonyl (C=O) groups is 2. The molecule has 0 saturated heterocycles. The summed E-state index contributed by atoms with van der Waals surface area (Å²) in [5.41, 5.74) is 5.46. The van der Waals surface area contributed by atoms with Gasteiger partial charge in [-0.2, -0.15) is 0 Å². The van der Waals surface area contributed by atoms with Crippen molar-refractivity contribution in [3.63, 3.8) is 0 Å². The number of carbonyl (C=O) groups excluding carboxylic acids is 2. The highest BCUT2D eigenvalue weighted by atomic mass is 16.5. The summed E-state index contributed by atoms with van der Waals surface area (Å²) in [6.07, 6.45) is 0. The Balaban J connectivity index is 2.74. The second kappa shape index (κ2) is 4.25. The molecule has 0 aliphatic heterocycles. The molecule has 0 aliphatic rings. The minimum absolute atomic E-state index is 0.207. The first-order valence-electron chi connectivity index (χ1n) is 5.09. The normalized spacial score (nSPS) is 10.2. The molecular formula is C13H11NO3. The van der Waals surface area contributed by atoms with Crippen LogP contribution in [-0.2, 0) is 4.79 Å². The maximum atomic E-state index is 11.3. The Morgan fingerprint density at radius 3 is 2.47 bits per heavy atom. The quantitative estimate of drug-likeness (QED) is 0.631. The molecule has 2 N–H and O–H groups in total. The molecular weight excluding hydrogens is 218 g/mol. The van der Waals surface area contributed by atoms with E-state index in [1.165, 1.54) is 6.92 Å². The van der Waals surface area contributed by atoms with Gasteiger partial charge in [0.15, 0.2) is 5.75 Å². The first-order valence-corrected chi connectivity index (χ1v) is 5.09. The van der Waals surface area contributed by atoms with Crippen LogP contribution in [0, 0.1) is 0 Å². The van der Waals surface area contributed by atoms with E-state index in [0.29, 0.717) is 5.39 Å². The van der Waals surface area contributed by atoms with Crippen molar-refractivity contribution in [2.75, 3.05) is 0 Å². The van der Waals surface area contributed by atoms with Crippen LogP contribution in [0.1, 0.15) is 17.3 Å². The molecule has 0 heterocycles. The first-order chi connectivity index (χ1) is 8.09. The number of nitrogens with two attached hydrogens (primary N) is 1. The molecule has 0 atom stereocenters. The van der Waals surface area contributed by atoms with Crippen LogP contribution >= 0.6 is 0 Å². The molecule has 1 amide bonds. The molecule has 2 aromatic carbocycles. The number of primary amides is 1. The van der Waals surface area contributed by atoms with E-state index in [1.807, 2.05) is 12.1 Å². The number of esters is 1. The third kappa shape index (κ3) is 2.10.